The summed E-state index contributed by atoms with van der Waals surface area (Å²) < 4.78 is 5.28. The maximum absolute atomic E-state index is 11.8. The Morgan fingerprint density at radius 3 is 2.47 bits per heavy atom. The number of nitrogens with zero attached hydrogens (tertiary/aromatic N) is 1. The quantitative estimate of drug-likeness (QED) is 0.738. The topological polar surface area (TPSA) is 75.8 Å². The van der Waals surface area contributed by atoms with Crippen LogP contribution in [0.15, 0.2) is 0 Å². The summed E-state index contributed by atoms with van der Waals surface area (Å²) in [6.07, 6.45) is 0.473. The molecule has 0 rings (SSSR count). The van der Waals surface area contributed by atoms with Crippen molar-refractivity contribution in [1.82, 2.24) is 4.90 Å². The Kier molecular flexibility index (Phi) is 7.15. The van der Waals surface area contributed by atoms with Gasteiger partial charge >= 0.3 is 6.09 Å². The molecule has 102 valence electrons. The number of rotatable bonds is 6. The van der Waals surface area contributed by atoms with Gasteiger partial charge in [0.25, 0.3) is 0 Å². The van der Waals surface area contributed by atoms with E-state index in [4.69, 9.17) is 15.6 Å². The minimum Gasteiger partial charge on any atom is -0.444 e. The summed E-state index contributed by atoms with van der Waals surface area (Å²) in [4.78, 5) is 13.4. The van der Waals surface area contributed by atoms with Gasteiger partial charge in [0, 0.05) is 13.1 Å². The average Bonchev–Trinajstić information content (AvgIpc) is 2.14. The molecule has 0 spiro atoms. The van der Waals surface area contributed by atoms with Crippen LogP contribution in [0.2, 0.25) is 0 Å². The molecule has 0 saturated carbocycles. The first-order chi connectivity index (χ1) is 7.80. The first-order valence-corrected chi connectivity index (χ1v) is 6.09. The molecule has 17 heavy (non-hydrogen) atoms. The highest BCUT2D eigenvalue weighted by Gasteiger charge is 2.22. The molecular formula is C12H26N2O3. The van der Waals surface area contributed by atoms with Gasteiger partial charge in [-0.15, -0.1) is 0 Å². The third-order valence-electron chi connectivity index (χ3n) is 2.21. The molecule has 1 unspecified atom stereocenters. The van der Waals surface area contributed by atoms with E-state index in [1.807, 2.05) is 27.7 Å². The van der Waals surface area contributed by atoms with E-state index in [0.717, 1.165) is 6.42 Å². The van der Waals surface area contributed by atoms with Crippen LogP contribution in [0.3, 0.4) is 0 Å². The Labute approximate surface area is 104 Å². The Morgan fingerprint density at radius 2 is 2.06 bits per heavy atom. The fraction of sp³-hybridized carbons (Fsp3) is 0.917. The standard InChI is InChI=1S/C12H26N2O3/c1-10(5-6-13)9-14(7-8-15)11(16)17-12(2,3)4/h10,15H,5-9,13H2,1-4H3. The van der Waals surface area contributed by atoms with Gasteiger partial charge < -0.3 is 20.5 Å². The van der Waals surface area contributed by atoms with Gasteiger partial charge in [-0.05, 0) is 39.7 Å². The van der Waals surface area contributed by atoms with Crippen LogP contribution < -0.4 is 5.73 Å². The maximum atomic E-state index is 11.8. The van der Waals surface area contributed by atoms with Crippen molar-refractivity contribution < 1.29 is 14.6 Å². The largest absolute Gasteiger partial charge is 0.444 e. The van der Waals surface area contributed by atoms with E-state index >= 15 is 0 Å². The molecule has 0 aromatic carbocycles. The second kappa shape index (κ2) is 7.50. The molecule has 0 saturated heterocycles. The van der Waals surface area contributed by atoms with E-state index in [-0.39, 0.29) is 12.7 Å². The van der Waals surface area contributed by atoms with Gasteiger partial charge in [0.2, 0.25) is 0 Å². The highest BCUT2D eigenvalue weighted by atomic mass is 16.6. The predicted octanol–water partition coefficient (Wildman–Crippen LogP) is 1.20. The van der Waals surface area contributed by atoms with Gasteiger partial charge in [0.15, 0.2) is 0 Å². The third-order valence-corrected chi connectivity index (χ3v) is 2.21. The zero-order valence-corrected chi connectivity index (χ0v) is 11.4. The van der Waals surface area contributed by atoms with E-state index in [0.29, 0.717) is 25.6 Å². The van der Waals surface area contributed by atoms with E-state index in [1.54, 1.807) is 0 Å². The number of nitrogens with two attached hydrogens (primary N) is 1. The van der Waals surface area contributed by atoms with E-state index in [2.05, 4.69) is 0 Å². The van der Waals surface area contributed by atoms with E-state index < -0.39 is 5.60 Å². The zero-order valence-electron chi connectivity index (χ0n) is 11.4. The molecule has 0 aliphatic rings. The lowest BCUT2D eigenvalue weighted by atomic mass is 10.1. The number of carbonyl (C=O) groups is 1. The van der Waals surface area contributed by atoms with Crippen molar-refractivity contribution in [3.05, 3.63) is 0 Å². The lowest BCUT2D eigenvalue weighted by Gasteiger charge is -2.28. The van der Waals surface area contributed by atoms with Crippen LogP contribution in [-0.4, -0.2) is 47.9 Å². The normalized spacial score (nSPS) is 13.3. The summed E-state index contributed by atoms with van der Waals surface area (Å²) >= 11 is 0. The molecule has 0 aliphatic carbocycles. The van der Waals surface area contributed by atoms with Crippen molar-refractivity contribution in [2.75, 3.05) is 26.2 Å². The third kappa shape index (κ3) is 7.99. The number of carbonyl (C=O) groups excluding carboxylic acids is 1. The molecule has 0 fully saturated rings. The lowest BCUT2D eigenvalue weighted by molar-refractivity contribution is 0.0190. The van der Waals surface area contributed by atoms with Crippen molar-refractivity contribution in [3.8, 4) is 0 Å². The second-order valence-electron chi connectivity index (χ2n) is 5.33. The smallest absolute Gasteiger partial charge is 0.410 e. The summed E-state index contributed by atoms with van der Waals surface area (Å²) in [6, 6.07) is 0. The molecular weight excluding hydrogens is 220 g/mol. The van der Waals surface area contributed by atoms with Crippen LogP contribution in [0, 0.1) is 5.92 Å². The van der Waals surface area contributed by atoms with Crippen LogP contribution in [0.25, 0.3) is 0 Å². The number of ether oxygens (including phenoxy) is 1. The van der Waals surface area contributed by atoms with Crippen molar-refractivity contribution >= 4 is 6.09 Å². The molecule has 5 heteroatoms. The van der Waals surface area contributed by atoms with Crippen LogP contribution in [0.5, 0.6) is 0 Å². The van der Waals surface area contributed by atoms with Gasteiger partial charge in [-0.25, -0.2) is 4.79 Å². The molecule has 3 N–H and O–H groups in total. The molecule has 0 bridgehead atoms. The SMILES string of the molecule is CC(CCN)CN(CCO)C(=O)OC(C)(C)C. The van der Waals surface area contributed by atoms with E-state index in [9.17, 15) is 4.79 Å². The Balaban J connectivity index is 4.35. The number of amides is 1. The molecule has 1 atom stereocenters. The Hall–Kier alpha value is -0.810. The van der Waals surface area contributed by atoms with Crippen LogP contribution in [-0.2, 0) is 4.74 Å². The van der Waals surface area contributed by atoms with Crippen molar-refractivity contribution in [2.45, 2.75) is 39.7 Å². The summed E-state index contributed by atoms with van der Waals surface area (Å²) in [6.45, 7) is 8.90. The number of hydrogen-bond acceptors (Lipinski definition) is 4. The summed E-state index contributed by atoms with van der Waals surface area (Å²) in [5.74, 6) is 0.305. The van der Waals surface area contributed by atoms with Crippen LogP contribution >= 0.6 is 0 Å². The summed E-state index contributed by atoms with van der Waals surface area (Å²) in [7, 11) is 0. The molecule has 0 aromatic rings. The average molecular weight is 246 g/mol. The van der Waals surface area contributed by atoms with Crippen molar-refractivity contribution in [3.63, 3.8) is 0 Å². The highest BCUT2D eigenvalue weighted by molar-refractivity contribution is 5.68. The minimum atomic E-state index is -0.512. The first-order valence-electron chi connectivity index (χ1n) is 6.09. The van der Waals surface area contributed by atoms with Crippen LogP contribution in [0.4, 0.5) is 4.79 Å². The maximum Gasteiger partial charge on any atom is 0.410 e. The zero-order chi connectivity index (χ0) is 13.5. The predicted molar refractivity (Wildman–Crippen MR) is 67.7 cm³/mol. The second-order valence-corrected chi connectivity index (χ2v) is 5.33. The fourth-order valence-electron chi connectivity index (χ4n) is 1.46. The first kappa shape index (κ1) is 16.2. The van der Waals surface area contributed by atoms with Gasteiger partial charge in [-0.3, -0.25) is 0 Å². The van der Waals surface area contributed by atoms with Crippen molar-refractivity contribution in [2.24, 2.45) is 11.7 Å². The monoisotopic (exact) mass is 246 g/mol. The number of aliphatic hydroxyl groups is 1. The van der Waals surface area contributed by atoms with E-state index in [1.165, 1.54) is 4.90 Å². The van der Waals surface area contributed by atoms with Crippen molar-refractivity contribution in [1.29, 1.82) is 0 Å². The lowest BCUT2D eigenvalue weighted by Crippen LogP contribution is -2.41. The number of aliphatic hydroxyl groups excluding tert-OH is 1. The molecule has 0 aliphatic heterocycles. The molecule has 0 heterocycles. The minimum absolute atomic E-state index is 0.0609. The van der Waals surface area contributed by atoms with Gasteiger partial charge in [-0.2, -0.15) is 0 Å². The Bertz CT molecular complexity index is 226. The molecule has 5 nitrogen and oxygen atoms in total. The molecule has 0 aromatic heterocycles. The summed E-state index contributed by atoms with van der Waals surface area (Å²) in [5.41, 5.74) is 4.96. The molecule has 1 amide bonds. The molecule has 0 radical (unpaired) electrons. The summed E-state index contributed by atoms with van der Waals surface area (Å²) in [5, 5.41) is 8.95. The van der Waals surface area contributed by atoms with Crippen LogP contribution in [0.1, 0.15) is 34.1 Å². The van der Waals surface area contributed by atoms with Gasteiger partial charge in [-0.1, -0.05) is 6.92 Å². The fourth-order valence-corrected chi connectivity index (χ4v) is 1.46. The Morgan fingerprint density at radius 1 is 1.47 bits per heavy atom. The number of hydrogen-bond donors (Lipinski definition) is 2. The highest BCUT2D eigenvalue weighted by Crippen LogP contribution is 2.12. The van der Waals surface area contributed by atoms with Gasteiger partial charge in [0.1, 0.15) is 5.60 Å². The van der Waals surface area contributed by atoms with Gasteiger partial charge in [0.05, 0.1) is 6.61 Å².